The van der Waals surface area contributed by atoms with E-state index in [-0.39, 0.29) is 35.2 Å². The Morgan fingerprint density at radius 1 is 1.20 bits per heavy atom. The van der Waals surface area contributed by atoms with Gasteiger partial charge < -0.3 is 20.1 Å². The summed E-state index contributed by atoms with van der Waals surface area (Å²) < 4.78 is 23.7. The highest BCUT2D eigenvalue weighted by molar-refractivity contribution is 14.0. The molecule has 0 saturated carbocycles. The Hall–Kier alpha value is -0.930. The van der Waals surface area contributed by atoms with Crippen LogP contribution in [-0.4, -0.2) is 53.0 Å². The van der Waals surface area contributed by atoms with Crippen LogP contribution in [0.2, 0.25) is 0 Å². The van der Waals surface area contributed by atoms with Crippen LogP contribution in [0.15, 0.2) is 29.3 Å². The van der Waals surface area contributed by atoms with Crippen LogP contribution in [0, 0.1) is 5.82 Å². The number of methoxy groups -OCH3 is 1. The molecule has 1 aromatic rings. The van der Waals surface area contributed by atoms with E-state index < -0.39 is 0 Å². The maximum absolute atomic E-state index is 13.4. The number of benzene rings is 1. The largest absolute Gasteiger partial charge is 0.382 e. The van der Waals surface area contributed by atoms with E-state index in [0.29, 0.717) is 26.4 Å². The van der Waals surface area contributed by atoms with Crippen molar-refractivity contribution in [2.45, 2.75) is 25.7 Å². The SMILES string of the molecule is CN=C(NCCCOCCOC)NCC(C)(C)c1cccc(F)c1.I. The third-order valence-electron chi connectivity index (χ3n) is 3.72. The lowest BCUT2D eigenvalue weighted by atomic mass is 9.84. The second kappa shape index (κ2) is 13.3. The average molecular weight is 467 g/mol. The molecule has 0 aliphatic heterocycles. The summed E-state index contributed by atoms with van der Waals surface area (Å²) in [6.07, 6.45) is 0.887. The molecule has 25 heavy (non-hydrogen) atoms. The maximum Gasteiger partial charge on any atom is 0.191 e. The fraction of sp³-hybridized carbons (Fsp3) is 0.611. The van der Waals surface area contributed by atoms with E-state index in [1.54, 1.807) is 26.3 Å². The fourth-order valence-corrected chi connectivity index (χ4v) is 2.16. The van der Waals surface area contributed by atoms with Gasteiger partial charge in [0.1, 0.15) is 5.82 Å². The number of hydrogen-bond donors (Lipinski definition) is 2. The van der Waals surface area contributed by atoms with Crippen molar-refractivity contribution in [3.63, 3.8) is 0 Å². The van der Waals surface area contributed by atoms with Gasteiger partial charge in [0.2, 0.25) is 0 Å². The summed E-state index contributed by atoms with van der Waals surface area (Å²) in [5.74, 6) is 0.521. The molecule has 7 heteroatoms. The van der Waals surface area contributed by atoms with Crippen LogP contribution < -0.4 is 10.6 Å². The number of nitrogens with one attached hydrogen (secondary N) is 2. The van der Waals surface area contributed by atoms with Crippen LogP contribution >= 0.6 is 24.0 Å². The predicted octanol–water partition coefficient (Wildman–Crippen LogP) is 2.94. The summed E-state index contributed by atoms with van der Waals surface area (Å²) in [5, 5.41) is 6.54. The van der Waals surface area contributed by atoms with Gasteiger partial charge in [-0.1, -0.05) is 26.0 Å². The van der Waals surface area contributed by atoms with E-state index >= 15 is 0 Å². The van der Waals surface area contributed by atoms with Crippen LogP contribution in [-0.2, 0) is 14.9 Å². The van der Waals surface area contributed by atoms with E-state index in [1.807, 2.05) is 6.07 Å². The molecule has 0 heterocycles. The van der Waals surface area contributed by atoms with Crippen LogP contribution in [0.3, 0.4) is 0 Å². The molecule has 1 aromatic carbocycles. The van der Waals surface area contributed by atoms with Gasteiger partial charge in [0, 0.05) is 39.3 Å². The van der Waals surface area contributed by atoms with Crippen molar-refractivity contribution < 1.29 is 13.9 Å². The van der Waals surface area contributed by atoms with Gasteiger partial charge in [-0.05, 0) is 24.1 Å². The number of guanidine groups is 1. The van der Waals surface area contributed by atoms with Gasteiger partial charge in [0.25, 0.3) is 0 Å². The summed E-state index contributed by atoms with van der Waals surface area (Å²) in [7, 11) is 3.39. The molecule has 0 radical (unpaired) electrons. The van der Waals surface area contributed by atoms with E-state index in [2.05, 4.69) is 29.5 Å². The van der Waals surface area contributed by atoms with Gasteiger partial charge in [0.05, 0.1) is 13.2 Å². The van der Waals surface area contributed by atoms with Gasteiger partial charge in [0.15, 0.2) is 5.96 Å². The van der Waals surface area contributed by atoms with Gasteiger partial charge in [-0.3, -0.25) is 4.99 Å². The van der Waals surface area contributed by atoms with Crippen molar-refractivity contribution in [2.24, 2.45) is 4.99 Å². The molecular weight excluding hydrogens is 436 g/mol. The lowest BCUT2D eigenvalue weighted by molar-refractivity contribution is 0.0698. The van der Waals surface area contributed by atoms with Gasteiger partial charge in [-0.2, -0.15) is 0 Å². The third-order valence-corrected chi connectivity index (χ3v) is 3.72. The summed E-state index contributed by atoms with van der Waals surface area (Å²) in [5.41, 5.74) is 0.750. The minimum absolute atomic E-state index is 0. The molecule has 0 bridgehead atoms. The van der Waals surface area contributed by atoms with Crippen molar-refractivity contribution >= 4 is 29.9 Å². The third kappa shape index (κ3) is 9.96. The highest BCUT2D eigenvalue weighted by Crippen LogP contribution is 2.22. The van der Waals surface area contributed by atoms with E-state index in [4.69, 9.17) is 9.47 Å². The second-order valence-electron chi connectivity index (χ2n) is 6.21. The topological polar surface area (TPSA) is 54.9 Å². The van der Waals surface area contributed by atoms with E-state index in [0.717, 1.165) is 24.5 Å². The van der Waals surface area contributed by atoms with Crippen molar-refractivity contribution in [3.05, 3.63) is 35.6 Å². The molecule has 144 valence electrons. The minimum Gasteiger partial charge on any atom is -0.382 e. The first-order chi connectivity index (χ1) is 11.5. The lowest BCUT2D eigenvalue weighted by Crippen LogP contribution is -2.43. The zero-order valence-corrected chi connectivity index (χ0v) is 17.9. The zero-order valence-electron chi connectivity index (χ0n) is 15.6. The van der Waals surface area contributed by atoms with Crippen molar-refractivity contribution in [3.8, 4) is 0 Å². The van der Waals surface area contributed by atoms with Crippen molar-refractivity contribution in [1.29, 1.82) is 0 Å². The highest BCUT2D eigenvalue weighted by atomic mass is 127. The van der Waals surface area contributed by atoms with Crippen LogP contribution in [0.4, 0.5) is 4.39 Å². The van der Waals surface area contributed by atoms with E-state index in [9.17, 15) is 4.39 Å². The quantitative estimate of drug-likeness (QED) is 0.241. The smallest absolute Gasteiger partial charge is 0.191 e. The molecular formula is C18H31FIN3O2. The molecule has 0 spiro atoms. The predicted molar refractivity (Wildman–Crippen MR) is 112 cm³/mol. The summed E-state index contributed by atoms with van der Waals surface area (Å²) in [4.78, 5) is 4.21. The second-order valence-corrected chi connectivity index (χ2v) is 6.21. The Bertz CT molecular complexity index is 513. The summed E-state index contributed by atoms with van der Waals surface area (Å²) >= 11 is 0. The Labute approximate surface area is 167 Å². The number of ether oxygens (including phenoxy) is 2. The van der Waals surface area contributed by atoms with Crippen molar-refractivity contribution in [1.82, 2.24) is 10.6 Å². The van der Waals surface area contributed by atoms with E-state index in [1.165, 1.54) is 6.07 Å². The van der Waals surface area contributed by atoms with Gasteiger partial charge in [-0.15, -0.1) is 24.0 Å². The molecule has 0 amide bonds. The molecule has 0 aromatic heterocycles. The Morgan fingerprint density at radius 2 is 1.96 bits per heavy atom. The number of halogens is 2. The van der Waals surface area contributed by atoms with Crippen molar-refractivity contribution in [2.75, 3.05) is 47.1 Å². The molecule has 5 nitrogen and oxygen atoms in total. The Kier molecular flexibility index (Phi) is 12.8. The Balaban J connectivity index is 0.00000576. The van der Waals surface area contributed by atoms with Crippen LogP contribution in [0.1, 0.15) is 25.8 Å². The normalized spacial score (nSPS) is 11.8. The minimum atomic E-state index is -0.212. The molecule has 0 aliphatic carbocycles. The van der Waals surface area contributed by atoms with Gasteiger partial charge >= 0.3 is 0 Å². The first-order valence-electron chi connectivity index (χ1n) is 8.27. The van der Waals surface area contributed by atoms with Crippen LogP contribution in [0.5, 0.6) is 0 Å². The first-order valence-corrected chi connectivity index (χ1v) is 8.27. The zero-order chi connectivity index (χ0) is 17.8. The number of rotatable bonds is 10. The average Bonchev–Trinajstić information content (AvgIpc) is 2.56. The number of nitrogens with zero attached hydrogens (tertiary/aromatic N) is 1. The molecule has 0 aliphatic rings. The lowest BCUT2D eigenvalue weighted by Gasteiger charge is -2.26. The first kappa shape index (κ1) is 24.1. The summed E-state index contributed by atoms with van der Waals surface area (Å²) in [6.45, 7) is 7.49. The fourth-order valence-electron chi connectivity index (χ4n) is 2.16. The monoisotopic (exact) mass is 467 g/mol. The Morgan fingerprint density at radius 3 is 2.60 bits per heavy atom. The number of aliphatic imine (C=N–C) groups is 1. The molecule has 0 fully saturated rings. The number of hydrogen-bond acceptors (Lipinski definition) is 3. The standard InChI is InChI=1S/C18H30FN3O2.HI/c1-18(2,15-7-5-8-16(19)13-15)14-22-17(20-3)21-9-6-10-24-12-11-23-4;/h5,7-8,13H,6,9-12,14H2,1-4H3,(H2,20,21,22);1H. The maximum atomic E-state index is 13.4. The molecule has 1 rings (SSSR count). The molecule has 0 atom stereocenters. The van der Waals surface area contributed by atoms with Gasteiger partial charge in [-0.25, -0.2) is 4.39 Å². The highest BCUT2D eigenvalue weighted by Gasteiger charge is 2.21. The molecule has 0 saturated heterocycles. The molecule has 2 N–H and O–H groups in total. The molecule has 0 unspecified atom stereocenters. The summed E-state index contributed by atoms with van der Waals surface area (Å²) in [6, 6.07) is 6.72. The van der Waals surface area contributed by atoms with Crippen LogP contribution in [0.25, 0.3) is 0 Å².